The van der Waals surface area contributed by atoms with Crippen molar-refractivity contribution >= 4 is 39.2 Å². The smallest absolute Gasteiger partial charge is 0.141 e. The number of aromatic nitrogens is 3. The van der Waals surface area contributed by atoms with Crippen molar-refractivity contribution < 1.29 is 9.84 Å². The lowest BCUT2D eigenvalue weighted by Crippen LogP contribution is -2.49. The molecule has 1 fully saturated rings. The summed E-state index contributed by atoms with van der Waals surface area (Å²) in [5.74, 6) is 1.14. The zero-order valence-corrected chi connectivity index (χ0v) is 17.2. The molecular weight excluding hydrogens is 400 g/mol. The number of aromatic amines is 1. The van der Waals surface area contributed by atoms with Crippen LogP contribution in [-0.2, 0) is 0 Å². The molecule has 0 unspecified atom stereocenters. The summed E-state index contributed by atoms with van der Waals surface area (Å²) in [6, 6.07) is 11.6. The molecule has 2 N–H and O–H groups in total. The van der Waals surface area contributed by atoms with Crippen molar-refractivity contribution in [2.75, 3.05) is 18.6 Å². The molecule has 3 aliphatic heterocycles. The minimum absolute atomic E-state index is 0.0114. The van der Waals surface area contributed by atoms with Crippen molar-refractivity contribution in [3.05, 3.63) is 59.0 Å². The maximum atomic E-state index is 11.6. The van der Waals surface area contributed by atoms with Gasteiger partial charge in [-0.05, 0) is 54.8 Å². The first-order valence-electron chi connectivity index (χ1n) is 10.2. The van der Waals surface area contributed by atoms with Crippen LogP contribution in [0.15, 0.2) is 42.6 Å². The van der Waals surface area contributed by atoms with Gasteiger partial charge in [0.2, 0.25) is 0 Å². The number of ether oxygens (including phenoxy) is 1. The Morgan fingerprint density at radius 3 is 3.00 bits per heavy atom. The van der Waals surface area contributed by atoms with E-state index in [4.69, 9.17) is 16.3 Å². The summed E-state index contributed by atoms with van der Waals surface area (Å²) >= 11 is 6.11. The molecule has 4 aromatic rings. The molecule has 0 aliphatic carbocycles. The van der Waals surface area contributed by atoms with Gasteiger partial charge in [-0.2, -0.15) is 0 Å². The minimum Gasteiger partial charge on any atom is -0.497 e. The number of H-pyrrole nitrogens is 1. The van der Waals surface area contributed by atoms with Gasteiger partial charge in [-0.3, -0.25) is 4.98 Å². The van der Waals surface area contributed by atoms with E-state index in [9.17, 15) is 5.11 Å². The van der Waals surface area contributed by atoms with Crippen LogP contribution in [0.3, 0.4) is 0 Å². The zero-order valence-electron chi connectivity index (χ0n) is 16.5. The van der Waals surface area contributed by atoms with Crippen molar-refractivity contribution in [2.24, 2.45) is 0 Å². The van der Waals surface area contributed by atoms with Crippen LogP contribution in [0.25, 0.3) is 21.9 Å². The second kappa shape index (κ2) is 6.59. The van der Waals surface area contributed by atoms with Crippen molar-refractivity contribution in [2.45, 2.75) is 30.9 Å². The number of nitrogens with zero attached hydrogens (tertiary/aromatic N) is 3. The molecule has 0 spiro atoms. The molecule has 3 atom stereocenters. The van der Waals surface area contributed by atoms with Crippen LogP contribution in [0.4, 0.5) is 5.69 Å². The van der Waals surface area contributed by atoms with E-state index in [1.165, 1.54) is 5.69 Å². The maximum Gasteiger partial charge on any atom is 0.141 e. The molecule has 0 saturated carbocycles. The number of aliphatic hydroxyl groups is 1. The fourth-order valence-electron chi connectivity index (χ4n) is 5.23. The standard InChI is InChI=1S/C23H21ClN4O2/c1-30-13-2-4-17-16(11-13)14(6-8-25-17)22(29)18-10-12-7-9-28(18)21-15-3-5-19(24)26-23(15)27-20(12)21/h2-6,8,11-12,18,22,29H,7,9-10H2,1H3,(H,26,27)/t12-,18-,22+/m0/s1. The Labute approximate surface area is 178 Å². The number of hydrogen-bond donors (Lipinski definition) is 2. The molecule has 7 heteroatoms. The molecule has 3 aromatic heterocycles. The lowest BCUT2D eigenvalue weighted by molar-refractivity contribution is 0.121. The summed E-state index contributed by atoms with van der Waals surface area (Å²) in [5, 5.41) is 14.0. The number of fused-ring (bicyclic) bond motifs is 4. The lowest BCUT2D eigenvalue weighted by Gasteiger charge is -2.48. The average Bonchev–Trinajstić information content (AvgIpc) is 3.18. The monoisotopic (exact) mass is 420 g/mol. The summed E-state index contributed by atoms with van der Waals surface area (Å²) in [7, 11) is 1.65. The zero-order chi connectivity index (χ0) is 20.4. The topological polar surface area (TPSA) is 74.3 Å². The predicted molar refractivity (Wildman–Crippen MR) is 117 cm³/mol. The molecule has 3 aliphatic rings. The molecule has 30 heavy (non-hydrogen) atoms. The fourth-order valence-corrected chi connectivity index (χ4v) is 5.38. The summed E-state index contributed by atoms with van der Waals surface area (Å²) in [5.41, 5.74) is 4.94. The highest BCUT2D eigenvalue weighted by Crippen LogP contribution is 2.50. The van der Waals surface area contributed by atoms with E-state index in [1.807, 2.05) is 36.4 Å². The van der Waals surface area contributed by atoms with E-state index in [2.05, 4.69) is 19.9 Å². The van der Waals surface area contributed by atoms with Gasteiger partial charge in [-0.1, -0.05) is 11.6 Å². The number of hydrogen-bond acceptors (Lipinski definition) is 5. The van der Waals surface area contributed by atoms with Gasteiger partial charge >= 0.3 is 0 Å². The number of methoxy groups -OCH3 is 1. The summed E-state index contributed by atoms with van der Waals surface area (Å²) in [6.07, 6.45) is 3.10. The molecule has 6 heterocycles. The number of anilines is 1. The van der Waals surface area contributed by atoms with Crippen LogP contribution in [-0.4, -0.2) is 39.8 Å². The van der Waals surface area contributed by atoms with E-state index >= 15 is 0 Å². The highest BCUT2D eigenvalue weighted by Gasteiger charge is 2.43. The van der Waals surface area contributed by atoms with E-state index in [0.29, 0.717) is 11.1 Å². The van der Waals surface area contributed by atoms with Crippen molar-refractivity contribution in [3.8, 4) is 5.75 Å². The van der Waals surface area contributed by atoms with Gasteiger partial charge in [0.05, 0.1) is 30.5 Å². The number of piperidine rings is 1. The number of pyridine rings is 2. The first kappa shape index (κ1) is 18.0. The van der Waals surface area contributed by atoms with Crippen molar-refractivity contribution in [1.82, 2.24) is 15.0 Å². The number of aliphatic hydroxyl groups excluding tert-OH is 1. The highest BCUT2D eigenvalue weighted by molar-refractivity contribution is 6.29. The third-order valence-corrected chi connectivity index (χ3v) is 6.84. The van der Waals surface area contributed by atoms with E-state index in [1.54, 1.807) is 13.3 Å². The first-order valence-corrected chi connectivity index (χ1v) is 10.6. The van der Waals surface area contributed by atoms with Gasteiger partial charge in [-0.25, -0.2) is 4.98 Å². The molecule has 1 aromatic carbocycles. The lowest BCUT2D eigenvalue weighted by atomic mass is 9.79. The quantitative estimate of drug-likeness (QED) is 0.475. The van der Waals surface area contributed by atoms with E-state index in [-0.39, 0.29) is 6.04 Å². The third kappa shape index (κ3) is 2.53. The van der Waals surface area contributed by atoms with Crippen LogP contribution < -0.4 is 9.64 Å². The second-order valence-electron chi connectivity index (χ2n) is 8.13. The van der Waals surface area contributed by atoms with Gasteiger partial charge in [-0.15, -0.1) is 0 Å². The number of nitrogens with one attached hydrogen (secondary N) is 1. The number of benzene rings is 1. The van der Waals surface area contributed by atoms with Gasteiger partial charge in [0.25, 0.3) is 0 Å². The Balaban J connectivity index is 1.46. The molecule has 1 saturated heterocycles. The van der Waals surface area contributed by atoms with Crippen LogP contribution >= 0.6 is 11.6 Å². The van der Waals surface area contributed by atoms with Crippen LogP contribution in [0, 0.1) is 0 Å². The molecule has 6 nitrogen and oxygen atoms in total. The second-order valence-corrected chi connectivity index (χ2v) is 8.51. The maximum absolute atomic E-state index is 11.6. The molecule has 0 amide bonds. The SMILES string of the molecule is COc1ccc2nccc([C@@H](O)[C@@H]3C[C@@H]4CCN3c3c4[nH]c4nc(Cl)ccc34)c2c1. The molecule has 0 radical (unpaired) electrons. The molecular formula is C23H21ClN4O2. The van der Waals surface area contributed by atoms with Gasteiger partial charge in [0.15, 0.2) is 0 Å². The molecule has 2 bridgehead atoms. The van der Waals surface area contributed by atoms with Crippen molar-refractivity contribution in [3.63, 3.8) is 0 Å². The van der Waals surface area contributed by atoms with E-state index < -0.39 is 6.10 Å². The normalized spacial score (nSPS) is 21.2. The molecule has 7 rings (SSSR count). The Morgan fingerprint density at radius 2 is 2.13 bits per heavy atom. The Bertz CT molecular complexity index is 1290. The largest absolute Gasteiger partial charge is 0.497 e. The number of rotatable bonds is 3. The Hall–Kier alpha value is -2.83. The average molecular weight is 421 g/mol. The predicted octanol–water partition coefficient (Wildman–Crippen LogP) is 4.57. The minimum atomic E-state index is -0.635. The molecule has 152 valence electrons. The van der Waals surface area contributed by atoms with Gasteiger partial charge < -0.3 is 19.7 Å². The Kier molecular flexibility index (Phi) is 3.95. The summed E-state index contributed by atoms with van der Waals surface area (Å²) in [4.78, 5) is 14.8. The Morgan fingerprint density at radius 1 is 1.23 bits per heavy atom. The van der Waals surface area contributed by atoms with Crippen LogP contribution in [0.1, 0.15) is 36.1 Å². The van der Waals surface area contributed by atoms with Gasteiger partial charge in [0, 0.05) is 35.1 Å². The van der Waals surface area contributed by atoms with Crippen LogP contribution in [0.5, 0.6) is 5.75 Å². The summed E-state index contributed by atoms with van der Waals surface area (Å²) in [6.45, 7) is 0.918. The van der Waals surface area contributed by atoms with Crippen LogP contribution in [0.2, 0.25) is 5.15 Å². The van der Waals surface area contributed by atoms with Crippen molar-refractivity contribution in [1.29, 1.82) is 0 Å². The van der Waals surface area contributed by atoms with E-state index in [0.717, 1.165) is 58.3 Å². The summed E-state index contributed by atoms with van der Waals surface area (Å²) < 4.78 is 5.40. The first-order chi connectivity index (χ1) is 14.6. The number of halogens is 1. The fraction of sp³-hybridized carbons (Fsp3) is 0.304. The van der Waals surface area contributed by atoms with Gasteiger partial charge in [0.1, 0.15) is 16.5 Å². The third-order valence-electron chi connectivity index (χ3n) is 6.63. The highest BCUT2D eigenvalue weighted by atomic mass is 35.5.